The predicted octanol–water partition coefficient (Wildman–Crippen LogP) is 3.33. The summed E-state index contributed by atoms with van der Waals surface area (Å²) < 4.78 is 0. The molecule has 2 aromatic rings. The quantitative estimate of drug-likeness (QED) is 0.638. The first kappa shape index (κ1) is 17.9. The Bertz CT molecular complexity index is 570. The molecule has 22 heavy (non-hydrogen) atoms. The second kappa shape index (κ2) is 9.68. The van der Waals surface area contributed by atoms with Crippen molar-refractivity contribution >= 4 is 0 Å². The van der Waals surface area contributed by atoms with Crippen molar-refractivity contribution in [1.82, 2.24) is 0 Å². The Morgan fingerprint density at radius 2 is 1.59 bits per heavy atom. The Balaban J connectivity index is 0.000000220. The molecule has 0 heterocycles. The lowest BCUT2D eigenvalue weighted by Gasteiger charge is -2.00. The summed E-state index contributed by atoms with van der Waals surface area (Å²) in [5, 5.41) is 27.1. The molecule has 0 aliphatic carbocycles. The highest BCUT2D eigenvalue weighted by atomic mass is 16.3. The van der Waals surface area contributed by atoms with Crippen molar-refractivity contribution in [2.75, 3.05) is 6.54 Å². The molecule has 2 rings (SSSR count). The number of rotatable bonds is 5. The van der Waals surface area contributed by atoms with Gasteiger partial charge in [0, 0.05) is 0 Å². The van der Waals surface area contributed by atoms with Gasteiger partial charge in [-0.1, -0.05) is 31.5 Å². The fourth-order valence-corrected chi connectivity index (χ4v) is 2.03. The lowest BCUT2D eigenvalue weighted by atomic mass is 10.1. The summed E-state index contributed by atoms with van der Waals surface area (Å²) in [6.07, 6.45) is 3.91. The first-order chi connectivity index (χ1) is 10.6. The normalized spacial score (nSPS) is 9.91. The highest BCUT2D eigenvalue weighted by molar-refractivity contribution is 5.40. The van der Waals surface area contributed by atoms with E-state index in [1.165, 1.54) is 6.07 Å². The third-order valence-electron chi connectivity index (χ3n) is 3.16. The third-order valence-corrected chi connectivity index (χ3v) is 3.16. The molecule has 120 valence electrons. The first-order valence-corrected chi connectivity index (χ1v) is 7.55. The fraction of sp³-hybridized carbons (Fsp3) is 0.333. The smallest absolute Gasteiger partial charge is 0.157 e. The van der Waals surface area contributed by atoms with E-state index >= 15 is 0 Å². The lowest BCUT2D eigenvalue weighted by molar-refractivity contribution is 0.403. The predicted molar refractivity (Wildman–Crippen MR) is 89.2 cm³/mol. The minimum atomic E-state index is -0.0511. The molecule has 0 aliphatic heterocycles. The minimum absolute atomic E-state index is 0.0315. The van der Waals surface area contributed by atoms with Crippen LogP contribution in [0.25, 0.3) is 0 Å². The average Bonchev–Trinajstić information content (AvgIpc) is 2.50. The zero-order valence-corrected chi connectivity index (χ0v) is 13.0. The average molecular weight is 303 g/mol. The molecule has 0 bridgehead atoms. The van der Waals surface area contributed by atoms with Crippen molar-refractivity contribution in [2.45, 2.75) is 32.6 Å². The van der Waals surface area contributed by atoms with Crippen LogP contribution in [0.2, 0.25) is 0 Å². The molecule has 0 fully saturated rings. The number of phenols is 3. The Hall–Kier alpha value is -2.20. The van der Waals surface area contributed by atoms with Gasteiger partial charge in [-0.2, -0.15) is 0 Å². The van der Waals surface area contributed by atoms with E-state index in [1.807, 2.05) is 18.2 Å². The molecule has 2 aromatic carbocycles. The summed E-state index contributed by atoms with van der Waals surface area (Å²) in [6.45, 7) is 2.78. The van der Waals surface area contributed by atoms with Crippen molar-refractivity contribution < 1.29 is 15.3 Å². The fourth-order valence-electron chi connectivity index (χ4n) is 2.03. The molecule has 4 heteroatoms. The highest BCUT2D eigenvalue weighted by Crippen LogP contribution is 2.25. The molecule has 0 radical (unpaired) electrons. The van der Waals surface area contributed by atoms with Crippen LogP contribution in [0.3, 0.4) is 0 Å². The van der Waals surface area contributed by atoms with Gasteiger partial charge >= 0.3 is 0 Å². The van der Waals surface area contributed by atoms with E-state index in [0.717, 1.165) is 36.8 Å². The zero-order chi connectivity index (χ0) is 16.4. The van der Waals surface area contributed by atoms with Gasteiger partial charge in [-0.05, 0) is 61.2 Å². The Labute approximate surface area is 131 Å². The van der Waals surface area contributed by atoms with E-state index in [-0.39, 0.29) is 11.5 Å². The van der Waals surface area contributed by atoms with E-state index in [9.17, 15) is 0 Å². The van der Waals surface area contributed by atoms with Gasteiger partial charge in [0.25, 0.3) is 0 Å². The number of hydrogen-bond acceptors (Lipinski definition) is 4. The summed E-state index contributed by atoms with van der Waals surface area (Å²) in [5.41, 5.74) is 7.56. The molecule has 5 N–H and O–H groups in total. The highest BCUT2D eigenvalue weighted by Gasteiger charge is 1.98. The summed E-state index contributed by atoms with van der Waals surface area (Å²) in [6, 6.07) is 12.2. The molecule has 0 saturated heterocycles. The standard InChI is InChI=1S/C9H13NO.C9H12O2/c10-6-2-4-8-3-1-5-9(11)7-8;1-2-3-7-4-5-8(10)9(11)6-7/h1,3,5,7,11H,2,4,6,10H2;4-6,10-11H,2-3H2,1H3. The number of phenolic OH excluding ortho intramolecular Hbond substituents is 3. The van der Waals surface area contributed by atoms with Gasteiger partial charge in [-0.3, -0.25) is 0 Å². The maximum absolute atomic E-state index is 9.08. The van der Waals surface area contributed by atoms with Crippen molar-refractivity contribution in [3.63, 3.8) is 0 Å². The van der Waals surface area contributed by atoms with E-state index in [1.54, 1.807) is 18.2 Å². The second-order valence-corrected chi connectivity index (χ2v) is 5.14. The minimum Gasteiger partial charge on any atom is -0.508 e. The lowest BCUT2D eigenvalue weighted by Crippen LogP contribution is -1.99. The van der Waals surface area contributed by atoms with Gasteiger partial charge in [-0.15, -0.1) is 0 Å². The monoisotopic (exact) mass is 303 g/mol. The number of hydrogen-bond donors (Lipinski definition) is 4. The van der Waals surface area contributed by atoms with Crippen molar-refractivity contribution in [1.29, 1.82) is 0 Å². The topological polar surface area (TPSA) is 86.7 Å². The molecule has 0 spiro atoms. The van der Waals surface area contributed by atoms with Gasteiger partial charge in [0.2, 0.25) is 0 Å². The maximum atomic E-state index is 9.08. The summed E-state index contributed by atoms with van der Waals surface area (Å²) >= 11 is 0. The van der Waals surface area contributed by atoms with Gasteiger partial charge in [0.1, 0.15) is 5.75 Å². The van der Waals surface area contributed by atoms with Gasteiger partial charge in [-0.25, -0.2) is 0 Å². The second-order valence-electron chi connectivity index (χ2n) is 5.14. The van der Waals surface area contributed by atoms with Crippen LogP contribution in [0, 0.1) is 0 Å². The summed E-state index contributed by atoms with van der Waals surface area (Å²) in [7, 11) is 0. The van der Waals surface area contributed by atoms with Crippen LogP contribution in [0.4, 0.5) is 0 Å². The Kier molecular flexibility index (Phi) is 7.86. The largest absolute Gasteiger partial charge is 0.508 e. The van der Waals surface area contributed by atoms with E-state index in [2.05, 4.69) is 6.92 Å². The number of aryl methyl sites for hydroxylation is 2. The number of nitrogens with two attached hydrogens (primary N) is 1. The van der Waals surface area contributed by atoms with Crippen LogP contribution >= 0.6 is 0 Å². The van der Waals surface area contributed by atoms with Crippen LogP contribution in [-0.2, 0) is 12.8 Å². The molecular formula is C18H25NO3. The van der Waals surface area contributed by atoms with E-state index < -0.39 is 0 Å². The summed E-state index contributed by atoms with van der Waals surface area (Å²) in [5.74, 6) is 0.250. The molecule has 0 atom stereocenters. The van der Waals surface area contributed by atoms with Crippen LogP contribution in [0.1, 0.15) is 30.9 Å². The van der Waals surface area contributed by atoms with Gasteiger partial charge < -0.3 is 21.1 Å². The van der Waals surface area contributed by atoms with Crippen molar-refractivity contribution in [3.05, 3.63) is 53.6 Å². The van der Waals surface area contributed by atoms with Crippen LogP contribution in [-0.4, -0.2) is 21.9 Å². The van der Waals surface area contributed by atoms with Crippen molar-refractivity contribution in [2.24, 2.45) is 5.73 Å². The van der Waals surface area contributed by atoms with Crippen LogP contribution < -0.4 is 5.73 Å². The molecule has 0 unspecified atom stereocenters. The molecule has 4 nitrogen and oxygen atoms in total. The number of benzene rings is 2. The molecule has 0 amide bonds. The van der Waals surface area contributed by atoms with Gasteiger partial charge in [0.15, 0.2) is 11.5 Å². The zero-order valence-electron chi connectivity index (χ0n) is 13.0. The van der Waals surface area contributed by atoms with Crippen LogP contribution in [0.5, 0.6) is 17.2 Å². The molecule has 0 aliphatic rings. The van der Waals surface area contributed by atoms with Gasteiger partial charge in [0.05, 0.1) is 0 Å². The third kappa shape index (κ3) is 6.50. The first-order valence-electron chi connectivity index (χ1n) is 7.55. The van der Waals surface area contributed by atoms with Crippen molar-refractivity contribution in [3.8, 4) is 17.2 Å². The Morgan fingerprint density at radius 3 is 2.18 bits per heavy atom. The van der Waals surface area contributed by atoms with E-state index in [0.29, 0.717) is 12.3 Å². The molecule has 0 saturated carbocycles. The van der Waals surface area contributed by atoms with Crippen LogP contribution in [0.15, 0.2) is 42.5 Å². The molecular weight excluding hydrogens is 278 g/mol. The number of aromatic hydroxyl groups is 3. The van der Waals surface area contributed by atoms with E-state index in [4.69, 9.17) is 21.1 Å². The SMILES string of the molecule is CCCc1ccc(O)c(O)c1.NCCCc1cccc(O)c1. The Morgan fingerprint density at radius 1 is 0.864 bits per heavy atom. The molecule has 0 aromatic heterocycles. The maximum Gasteiger partial charge on any atom is 0.157 e. The summed E-state index contributed by atoms with van der Waals surface area (Å²) in [4.78, 5) is 0.